The van der Waals surface area contributed by atoms with E-state index in [2.05, 4.69) is 25.3 Å². The van der Waals surface area contributed by atoms with Gasteiger partial charge in [0, 0.05) is 48.3 Å². The van der Waals surface area contributed by atoms with E-state index < -0.39 is 0 Å². The summed E-state index contributed by atoms with van der Waals surface area (Å²) in [6.45, 7) is 0.725. The number of carbonyl (C=O) groups excluding carboxylic acids is 1. The molecule has 0 aliphatic rings. The van der Waals surface area contributed by atoms with Crippen molar-refractivity contribution in [3.05, 3.63) is 145 Å². The Hall–Kier alpha value is -7.01. The molecule has 0 aliphatic carbocycles. The monoisotopic (exact) mass is 678 g/mol. The number of oxazole rings is 2. The van der Waals surface area contributed by atoms with E-state index in [9.17, 15) is 4.79 Å². The van der Waals surface area contributed by atoms with Gasteiger partial charge in [0.05, 0.1) is 25.3 Å². The molecule has 8 rings (SSSR count). The van der Waals surface area contributed by atoms with Gasteiger partial charge >= 0.3 is 0 Å². The third kappa shape index (κ3) is 8.92. The largest absolute Gasteiger partial charge is 0.497 e. The molecule has 4 aromatic heterocycles. The van der Waals surface area contributed by atoms with Gasteiger partial charge in [0.15, 0.2) is 11.2 Å². The van der Waals surface area contributed by atoms with E-state index >= 15 is 0 Å². The maximum atomic E-state index is 10.2. The molecule has 51 heavy (non-hydrogen) atoms. The van der Waals surface area contributed by atoms with E-state index in [0.717, 1.165) is 63.3 Å². The zero-order chi connectivity index (χ0) is 35.4. The van der Waals surface area contributed by atoms with Gasteiger partial charge in [-0.2, -0.15) is 0 Å². The molecule has 0 fully saturated rings. The van der Waals surface area contributed by atoms with Gasteiger partial charge in [-0.1, -0.05) is 12.1 Å². The molecule has 11 nitrogen and oxygen atoms in total. The normalized spacial score (nSPS) is 10.4. The van der Waals surface area contributed by atoms with Gasteiger partial charge in [0.25, 0.3) is 0 Å². The van der Waals surface area contributed by atoms with Gasteiger partial charge in [-0.3, -0.25) is 14.8 Å². The van der Waals surface area contributed by atoms with Gasteiger partial charge < -0.3 is 29.4 Å². The first-order valence-electron chi connectivity index (χ1n) is 15.8. The molecule has 8 aromatic rings. The molecular formula is C40H34N6O5. The first-order chi connectivity index (χ1) is 25.0. The standard InChI is InChI=1S/C20H17N3O2.C12H9N3O.C8H8O2/c1-24-17-7-4-14(5-8-17)12-22-16-6-9-19-18(11-16)23-20(25-19)15-3-2-10-21-13-15;13-9-3-4-11-10(6-9)15-12(16-11)8-2-1-5-14-7-8;1-10-8-4-2-7(6-9)3-5-8/h2-11,13,22H,12H2,1H3;1-7H,13H2;2-6H,1H3. The lowest BCUT2D eigenvalue weighted by molar-refractivity contribution is 0.112. The molecule has 0 bridgehead atoms. The Morgan fingerprint density at radius 1 is 0.686 bits per heavy atom. The lowest BCUT2D eigenvalue weighted by Gasteiger charge is -2.07. The van der Waals surface area contributed by atoms with Crippen LogP contribution in [0.4, 0.5) is 11.4 Å². The molecule has 0 amide bonds. The van der Waals surface area contributed by atoms with Gasteiger partial charge in [-0.15, -0.1) is 0 Å². The maximum absolute atomic E-state index is 10.2. The number of fused-ring (bicyclic) bond motifs is 2. The predicted molar refractivity (Wildman–Crippen MR) is 198 cm³/mol. The van der Waals surface area contributed by atoms with Crippen LogP contribution in [0.25, 0.3) is 45.1 Å². The molecule has 0 unspecified atom stereocenters. The van der Waals surface area contributed by atoms with Gasteiger partial charge in [0.1, 0.15) is 28.8 Å². The van der Waals surface area contributed by atoms with Gasteiger partial charge in [0.2, 0.25) is 11.8 Å². The Morgan fingerprint density at radius 2 is 1.24 bits per heavy atom. The van der Waals surface area contributed by atoms with Crippen LogP contribution in [0, 0.1) is 0 Å². The van der Waals surface area contributed by atoms with Crippen molar-refractivity contribution in [2.24, 2.45) is 0 Å². The zero-order valence-corrected chi connectivity index (χ0v) is 27.9. The second-order valence-electron chi connectivity index (χ2n) is 11.0. The number of ether oxygens (including phenoxy) is 2. The summed E-state index contributed by atoms with van der Waals surface area (Å²) >= 11 is 0. The summed E-state index contributed by atoms with van der Waals surface area (Å²) in [6.07, 6.45) is 7.71. The summed E-state index contributed by atoms with van der Waals surface area (Å²) in [6, 6.07) is 33.8. The number of nitrogens with two attached hydrogens (primary N) is 1. The number of aromatic nitrogens is 4. The van der Waals surface area contributed by atoms with Crippen LogP contribution >= 0.6 is 0 Å². The Kier molecular flexibility index (Phi) is 10.9. The molecule has 0 saturated heterocycles. The van der Waals surface area contributed by atoms with Crippen LogP contribution in [0.3, 0.4) is 0 Å². The van der Waals surface area contributed by atoms with Crippen molar-refractivity contribution >= 4 is 39.9 Å². The Morgan fingerprint density at radius 3 is 1.76 bits per heavy atom. The van der Waals surface area contributed by atoms with Crippen molar-refractivity contribution in [2.45, 2.75) is 6.54 Å². The number of benzene rings is 4. The van der Waals surface area contributed by atoms with Gasteiger partial charge in [-0.05, 0) is 103 Å². The third-order valence-corrected chi connectivity index (χ3v) is 7.52. The minimum absolute atomic E-state index is 0.564. The number of nitrogens with one attached hydrogen (secondary N) is 1. The molecule has 4 heterocycles. The summed E-state index contributed by atoms with van der Waals surface area (Å²) in [5.41, 5.74) is 14.0. The summed E-state index contributed by atoms with van der Waals surface area (Å²) in [7, 11) is 3.26. The van der Waals surface area contributed by atoms with E-state index in [-0.39, 0.29) is 0 Å². The van der Waals surface area contributed by atoms with Crippen molar-refractivity contribution < 1.29 is 23.1 Å². The molecule has 0 radical (unpaired) electrons. The summed E-state index contributed by atoms with van der Waals surface area (Å²) in [5.74, 6) is 2.77. The lowest BCUT2D eigenvalue weighted by Crippen LogP contribution is -1.99. The smallest absolute Gasteiger partial charge is 0.228 e. The average Bonchev–Trinajstić information content (AvgIpc) is 3.83. The van der Waals surface area contributed by atoms with Crippen molar-refractivity contribution in [1.82, 2.24) is 19.9 Å². The van der Waals surface area contributed by atoms with Crippen LogP contribution in [0.1, 0.15) is 15.9 Å². The second kappa shape index (κ2) is 16.4. The molecule has 11 heteroatoms. The number of nitrogen functional groups attached to an aromatic ring is 1. The highest BCUT2D eigenvalue weighted by molar-refractivity contribution is 5.80. The lowest BCUT2D eigenvalue weighted by atomic mass is 10.2. The van der Waals surface area contributed by atoms with Crippen molar-refractivity contribution in [2.75, 3.05) is 25.3 Å². The van der Waals surface area contributed by atoms with Crippen molar-refractivity contribution in [3.63, 3.8) is 0 Å². The molecule has 0 saturated carbocycles. The quantitative estimate of drug-likeness (QED) is 0.118. The number of pyridine rings is 2. The Bertz CT molecular complexity index is 2310. The van der Waals surface area contributed by atoms with Crippen molar-refractivity contribution in [1.29, 1.82) is 0 Å². The third-order valence-electron chi connectivity index (χ3n) is 7.52. The molecule has 0 aliphatic heterocycles. The molecule has 4 aromatic carbocycles. The summed E-state index contributed by atoms with van der Waals surface area (Å²) in [5, 5.41) is 3.40. The fraction of sp³-hybridized carbons (Fsp3) is 0.0750. The molecular weight excluding hydrogens is 644 g/mol. The van der Waals surface area contributed by atoms with Crippen LogP contribution in [-0.4, -0.2) is 40.4 Å². The highest BCUT2D eigenvalue weighted by atomic mass is 16.5. The first-order valence-corrected chi connectivity index (χ1v) is 15.8. The van der Waals surface area contributed by atoms with E-state index in [1.165, 1.54) is 5.56 Å². The molecule has 0 atom stereocenters. The van der Waals surface area contributed by atoms with Crippen LogP contribution < -0.4 is 20.5 Å². The number of carbonyl (C=O) groups is 1. The second-order valence-corrected chi connectivity index (χ2v) is 11.0. The Balaban J connectivity index is 0.000000147. The fourth-order valence-corrected chi connectivity index (χ4v) is 4.84. The predicted octanol–water partition coefficient (Wildman–Crippen LogP) is 8.49. The molecule has 3 N–H and O–H groups in total. The van der Waals surface area contributed by atoms with Crippen LogP contribution in [0.5, 0.6) is 11.5 Å². The van der Waals surface area contributed by atoms with Crippen molar-refractivity contribution in [3.8, 4) is 34.4 Å². The number of methoxy groups -OCH3 is 2. The summed E-state index contributed by atoms with van der Waals surface area (Å²) < 4.78 is 21.5. The topological polar surface area (TPSA) is 151 Å². The number of anilines is 2. The van der Waals surface area contributed by atoms with E-state index in [0.29, 0.717) is 23.0 Å². The van der Waals surface area contributed by atoms with Crippen LogP contribution in [0.15, 0.2) is 143 Å². The first kappa shape index (κ1) is 33.9. The molecule has 254 valence electrons. The number of rotatable bonds is 8. The number of aldehydes is 1. The maximum Gasteiger partial charge on any atom is 0.228 e. The van der Waals surface area contributed by atoms with E-state index in [1.807, 2.05) is 72.8 Å². The Labute approximate surface area is 293 Å². The minimum atomic E-state index is 0.564. The summed E-state index contributed by atoms with van der Waals surface area (Å²) in [4.78, 5) is 27.2. The number of nitrogens with zero attached hydrogens (tertiary/aromatic N) is 4. The number of hydrogen-bond acceptors (Lipinski definition) is 11. The SMILES string of the molecule is COc1ccc(C=O)cc1.COc1ccc(CNc2ccc3oc(-c4cccnc4)nc3c2)cc1.Nc1ccc2oc(-c3cccnc3)nc2c1. The average molecular weight is 679 g/mol. The molecule has 0 spiro atoms. The zero-order valence-electron chi connectivity index (χ0n) is 27.9. The van der Waals surface area contributed by atoms with E-state index in [1.54, 1.807) is 75.4 Å². The highest BCUT2D eigenvalue weighted by Gasteiger charge is 2.10. The fourth-order valence-electron chi connectivity index (χ4n) is 4.84. The number of hydrogen-bond donors (Lipinski definition) is 2. The van der Waals surface area contributed by atoms with Crippen LogP contribution in [-0.2, 0) is 6.54 Å². The minimum Gasteiger partial charge on any atom is -0.497 e. The van der Waals surface area contributed by atoms with E-state index in [4.69, 9.17) is 24.0 Å². The highest BCUT2D eigenvalue weighted by Crippen LogP contribution is 2.27. The van der Waals surface area contributed by atoms with Crippen LogP contribution in [0.2, 0.25) is 0 Å². The van der Waals surface area contributed by atoms with Gasteiger partial charge in [-0.25, -0.2) is 9.97 Å².